The largest absolute Gasteiger partial charge is 0.324 e. The van der Waals surface area contributed by atoms with Crippen molar-refractivity contribution in [2.24, 2.45) is 0 Å². The Morgan fingerprint density at radius 1 is 1.08 bits per heavy atom. The number of halogens is 1. The van der Waals surface area contributed by atoms with Gasteiger partial charge in [-0.2, -0.15) is 0 Å². The number of hydrogen-bond acceptors (Lipinski definition) is 2. The van der Waals surface area contributed by atoms with Crippen molar-refractivity contribution in [2.75, 3.05) is 16.8 Å². The number of amides is 2. The Kier molecular flexibility index (Phi) is 5.68. The fraction of sp³-hybridized carbons (Fsp3) is 0.263. The number of aryl methyl sites for hydroxylation is 2. The van der Waals surface area contributed by atoms with Gasteiger partial charge in [-0.3, -0.25) is 9.59 Å². The van der Waals surface area contributed by atoms with Crippen LogP contribution in [0.5, 0.6) is 0 Å². The Morgan fingerprint density at radius 2 is 1.79 bits per heavy atom. The third-order valence-electron chi connectivity index (χ3n) is 3.89. The minimum Gasteiger partial charge on any atom is -0.324 e. The maximum absolute atomic E-state index is 13.5. The zero-order valence-electron chi connectivity index (χ0n) is 14.1. The molecule has 0 saturated heterocycles. The quantitative estimate of drug-likeness (QED) is 0.907. The number of carbonyl (C=O) groups is 2. The summed E-state index contributed by atoms with van der Waals surface area (Å²) in [6, 6.07) is 11.7. The van der Waals surface area contributed by atoms with Crippen LogP contribution in [-0.2, 0) is 9.59 Å². The van der Waals surface area contributed by atoms with E-state index in [0.717, 1.165) is 16.8 Å². The van der Waals surface area contributed by atoms with Crippen molar-refractivity contribution in [2.45, 2.75) is 27.2 Å². The summed E-state index contributed by atoms with van der Waals surface area (Å²) in [7, 11) is 0. The van der Waals surface area contributed by atoms with Crippen molar-refractivity contribution in [3.05, 3.63) is 59.4 Å². The predicted octanol–water partition coefficient (Wildman–Crippen LogP) is 3.82. The highest BCUT2D eigenvalue weighted by Crippen LogP contribution is 2.20. The molecule has 5 heteroatoms. The molecule has 4 nitrogen and oxygen atoms in total. The van der Waals surface area contributed by atoms with Crippen LogP contribution in [0.25, 0.3) is 0 Å². The maximum atomic E-state index is 13.5. The highest BCUT2D eigenvalue weighted by atomic mass is 19.1. The van der Waals surface area contributed by atoms with Crippen molar-refractivity contribution >= 4 is 23.2 Å². The summed E-state index contributed by atoms with van der Waals surface area (Å²) < 4.78 is 13.5. The molecule has 1 N–H and O–H groups in total. The van der Waals surface area contributed by atoms with E-state index < -0.39 is 5.82 Å². The van der Waals surface area contributed by atoms with E-state index in [1.807, 2.05) is 32.0 Å². The van der Waals surface area contributed by atoms with Gasteiger partial charge in [-0.1, -0.05) is 18.2 Å². The maximum Gasteiger partial charge on any atom is 0.226 e. The van der Waals surface area contributed by atoms with Crippen LogP contribution in [0.4, 0.5) is 15.8 Å². The SMILES string of the molecule is CC(=O)N(CCC(=O)Nc1ccccc1F)c1ccc(C)c(C)c1. The van der Waals surface area contributed by atoms with Crippen LogP contribution in [0.3, 0.4) is 0 Å². The molecule has 2 aromatic carbocycles. The molecule has 0 aliphatic carbocycles. The van der Waals surface area contributed by atoms with Crippen molar-refractivity contribution in [1.29, 1.82) is 0 Å². The fourth-order valence-electron chi connectivity index (χ4n) is 2.35. The number of nitrogens with zero attached hydrogens (tertiary/aromatic N) is 1. The molecular weight excluding hydrogens is 307 g/mol. The molecule has 2 amide bonds. The normalized spacial score (nSPS) is 10.3. The summed E-state index contributed by atoms with van der Waals surface area (Å²) in [6.07, 6.45) is 0.0842. The number of hydrogen-bond donors (Lipinski definition) is 1. The van der Waals surface area contributed by atoms with E-state index in [4.69, 9.17) is 0 Å². The number of nitrogens with one attached hydrogen (secondary N) is 1. The van der Waals surface area contributed by atoms with Crippen LogP contribution < -0.4 is 10.2 Å². The van der Waals surface area contributed by atoms with Gasteiger partial charge in [0.25, 0.3) is 0 Å². The van der Waals surface area contributed by atoms with Crippen LogP contribution in [-0.4, -0.2) is 18.4 Å². The highest BCUT2D eigenvalue weighted by Gasteiger charge is 2.14. The minimum atomic E-state index is -0.483. The second-order valence-electron chi connectivity index (χ2n) is 5.72. The lowest BCUT2D eigenvalue weighted by atomic mass is 10.1. The molecule has 0 fully saturated rings. The van der Waals surface area contributed by atoms with E-state index in [1.54, 1.807) is 17.0 Å². The van der Waals surface area contributed by atoms with E-state index >= 15 is 0 Å². The van der Waals surface area contributed by atoms with Gasteiger partial charge in [0.2, 0.25) is 11.8 Å². The molecule has 0 aliphatic heterocycles. The Morgan fingerprint density at radius 3 is 2.42 bits per heavy atom. The Balaban J connectivity index is 2.03. The van der Waals surface area contributed by atoms with Crippen LogP contribution in [0.1, 0.15) is 24.5 Å². The predicted molar refractivity (Wildman–Crippen MR) is 93.6 cm³/mol. The van der Waals surface area contributed by atoms with Gasteiger partial charge in [-0.15, -0.1) is 0 Å². The number of anilines is 2. The minimum absolute atomic E-state index is 0.0842. The number of benzene rings is 2. The first-order chi connectivity index (χ1) is 11.4. The van der Waals surface area contributed by atoms with Gasteiger partial charge in [0, 0.05) is 25.6 Å². The monoisotopic (exact) mass is 328 g/mol. The third-order valence-corrected chi connectivity index (χ3v) is 3.89. The second kappa shape index (κ2) is 7.73. The van der Waals surface area contributed by atoms with Crippen molar-refractivity contribution in [1.82, 2.24) is 0 Å². The van der Waals surface area contributed by atoms with Crippen molar-refractivity contribution in [3.63, 3.8) is 0 Å². The van der Waals surface area contributed by atoms with Crippen LogP contribution in [0.15, 0.2) is 42.5 Å². The first-order valence-electron chi connectivity index (χ1n) is 7.78. The number of para-hydroxylation sites is 1. The molecular formula is C19H21FN2O2. The molecule has 0 heterocycles. The molecule has 0 unspecified atom stereocenters. The molecule has 0 atom stereocenters. The molecule has 0 spiro atoms. The smallest absolute Gasteiger partial charge is 0.226 e. The molecule has 0 aliphatic rings. The van der Waals surface area contributed by atoms with Crippen LogP contribution >= 0.6 is 0 Å². The average molecular weight is 328 g/mol. The molecule has 126 valence electrons. The molecule has 0 saturated carbocycles. The van der Waals surface area contributed by atoms with Gasteiger partial charge < -0.3 is 10.2 Å². The summed E-state index contributed by atoms with van der Waals surface area (Å²) >= 11 is 0. The summed E-state index contributed by atoms with van der Waals surface area (Å²) in [6.45, 7) is 5.67. The molecule has 24 heavy (non-hydrogen) atoms. The van der Waals surface area contributed by atoms with Gasteiger partial charge >= 0.3 is 0 Å². The first kappa shape index (κ1) is 17.7. The molecule has 0 radical (unpaired) electrons. The van der Waals surface area contributed by atoms with Crippen molar-refractivity contribution < 1.29 is 14.0 Å². The van der Waals surface area contributed by atoms with Gasteiger partial charge in [0.15, 0.2) is 0 Å². The molecule has 2 rings (SSSR count). The van der Waals surface area contributed by atoms with Gasteiger partial charge in [-0.05, 0) is 49.2 Å². The van der Waals surface area contributed by atoms with E-state index in [-0.39, 0.29) is 30.5 Å². The van der Waals surface area contributed by atoms with Crippen LogP contribution in [0.2, 0.25) is 0 Å². The number of carbonyl (C=O) groups excluding carboxylic acids is 2. The number of rotatable bonds is 5. The lowest BCUT2D eigenvalue weighted by Gasteiger charge is -2.22. The molecule has 2 aromatic rings. The average Bonchev–Trinajstić information content (AvgIpc) is 2.53. The van der Waals surface area contributed by atoms with E-state index in [9.17, 15) is 14.0 Å². The van der Waals surface area contributed by atoms with Crippen molar-refractivity contribution in [3.8, 4) is 0 Å². The first-order valence-corrected chi connectivity index (χ1v) is 7.78. The van der Waals surface area contributed by atoms with E-state index in [2.05, 4.69) is 5.32 Å². The highest BCUT2D eigenvalue weighted by molar-refractivity contribution is 5.94. The lowest BCUT2D eigenvalue weighted by Crippen LogP contribution is -2.32. The Bertz CT molecular complexity index is 759. The fourth-order valence-corrected chi connectivity index (χ4v) is 2.35. The van der Waals surface area contributed by atoms with Gasteiger partial charge in [0.1, 0.15) is 5.82 Å². The Labute approximate surface area is 141 Å². The zero-order chi connectivity index (χ0) is 17.7. The van der Waals surface area contributed by atoms with E-state index in [1.165, 1.54) is 19.1 Å². The summed E-state index contributed by atoms with van der Waals surface area (Å²) in [5.74, 6) is -0.962. The zero-order valence-corrected chi connectivity index (χ0v) is 14.1. The third kappa shape index (κ3) is 4.41. The van der Waals surface area contributed by atoms with Gasteiger partial charge in [-0.25, -0.2) is 4.39 Å². The summed E-state index contributed by atoms with van der Waals surface area (Å²) in [4.78, 5) is 25.5. The summed E-state index contributed by atoms with van der Waals surface area (Å²) in [5, 5.41) is 2.52. The standard InChI is InChI=1S/C19H21FN2O2/c1-13-8-9-16(12-14(13)2)22(15(3)23)11-10-19(24)21-18-7-5-4-6-17(18)20/h4-9,12H,10-11H2,1-3H3,(H,21,24). The molecule has 0 bridgehead atoms. The van der Waals surface area contributed by atoms with Gasteiger partial charge in [0.05, 0.1) is 5.69 Å². The summed E-state index contributed by atoms with van der Waals surface area (Å²) in [5.41, 5.74) is 3.11. The Hall–Kier alpha value is -2.69. The second-order valence-corrected chi connectivity index (χ2v) is 5.72. The topological polar surface area (TPSA) is 49.4 Å². The molecule has 0 aromatic heterocycles. The van der Waals surface area contributed by atoms with Crippen LogP contribution in [0, 0.1) is 19.7 Å². The lowest BCUT2D eigenvalue weighted by molar-refractivity contribution is -0.117. The van der Waals surface area contributed by atoms with E-state index in [0.29, 0.717) is 0 Å².